The standard InChI is InChI=1S/C33H50N2O2/c1-2-3-4-6-15-28-16-11-17-29(23-28)26-37-31-20-18-30(19-21-31)33-34-24-32(25-35-33)36-22-10-5-7-12-27-13-8-9-14-27/h18-21,24-25,27-29H,2-17,22-23,26H2,1H3. The molecule has 0 aliphatic heterocycles. The molecule has 1 aromatic heterocycles. The number of rotatable bonds is 16. The number of benzene rings is 1. The lowest BCUT2D eigenvalue weighted by molar-refractivity contribution is 0.170. The molecule has 0 spiro atoms. The van der Waals surface area contributed by atoms with E-state index in [9.17, 15) is 0 Å². The lowest BCUT2D eigenvalue weighted by Gasteiger charge is -2.29. The van der Waals surface area contributed by atoms with Crippen LogP contribution in [0.5, 0.6) is 11.5 Å². The predicted octanol–water partition coefficient (Wildman–Crippen LogP) is 9.43. The number of nitrogens with zero attached hydrogens (tertiary/aromatic N) is 2. The summed E-state index contributed by atoms with van der Waals surface area (Å²) in [6.45, 7) is 3.88. The number of hydrogen-bond donors (Lipinski definition) is 0. The summed E-state index contributed by atoms with van der Waals surface area (Å²) >= 11 is 0. The Hall–Kier alpha value is -2.10. The summed E-state index contributed by atoms with van der Waals surface area (Å²) in [5.74, 6) is 5.04. The van der Waals surface area contributed by atoms with E-state index in [2.05, 4.69) is 41.2 Å². The molecule has 2 saturated carbocycles. The smallest absolute Gasteiger partial charge is 0.159 e. The van der Waals surface area contributed by atoms with Gasteiger partial charge in [-0.3, -0.25) is 0 Å². The molecule has 1 heterocycles. The third-order valence-electron chi connectivity index (χ3n) is 8.58. The number of ether oxygens (including phenoxy) is 2. The first kappa shape index (κ1) is 27.9. The van der Waals surface area contributed by atoms with E-state index < -0.39 is 0 Å². The van der Waals surface area contributed by atoms with Crippen molar-refractivity contribution in [1.82, 2.24) is 9.97 Å². The predicted molar refractivity (Wildman–Crippen MR) is 153 cm³/mol. The van der Waals surface area contributed by atoms with E-state index in [0.29, 0.717) is 5.92 Å². The maximum absolute atomic E-state index is 6.19. The molecule has 2 aliphatic carbocycles. The van der Waals surface area contributed by atoms with Crippen LogP contribution in [0.2, 0.25) is 0 Å². The van der Waals surface area contributed by atoms with Crippen molar-refractivity contribution < 1.29 is 9.47 Å². The Morgan fingerprint density at radius 2 is 1.35 bits per heavy atom. The van der Waals surface area contributed by atoms with Gasteiger partial charge in [0.15, 0.2) is 11.6 Å². The molecule has 204 valence electrons. The summed E-state index contributed by atoms with van der Waals surface area (Å²) in [6, 6.07) is 8.24. The maximum Gasteiger partial charge on any atom is 0.159 e. The second-order valence-corrected chi connectivity index (χ2v) is 11.7. The van der Waals surface area contributed by atoms with Crippen LogP contribution in [0.1, 0.15) is 116 Å². The zero-order valence-electron chi connectivity index (χ0n) is 23.3. The molecule has 1 aromatic carbocycles. The number of aromatic nitrogens is 2. The van der Waals surface area contributed by atoms with Crippen LogP contribution in [0.4, 0.5) is 0 Å². The summed E-state index contributed by atoms with van der Waals surface area (Å²) in [5.41, 5.74) is 1.01. The van der Waals surface area contributed by atoms with E-state index in [-0.39, 0.29) is 0 Å². The van der Waals surface area contributed by atoms with Crippen LogP contribution in [0, 0.1) is 17.8 Å². The van der Waals surface area contributed by atoms with Crippen LogP contribution in [-0.2, 0) is 0 Å². The van der Waals surface area contributed by atoms with E-state index in [0.717, 1.165) is 54.4 Å². The van der Waals surface area contributed by atoms with Gasteiger partial charge in [0, 0.05) is 5.56 Å². The Morgan fingerprint density at radius 1 is 0.676 bits per heavy atom. The highest BCUT2D eigenvalue weighted by Crippen LogP contribution is 2.33. The molecule has 2 unspecified atom stereocenters. The fraction of sp³-hybridized carbons (Fsp3) is 0.697. The molecule has 0 amide bonds. The summed E-state index contributed by atoms with van der Waals surface area (Å²) in [4.78, 5) is 9.07. The largest absolute Gasteiger partial charge is 0.493 e. The van der Waals surface area contributed by atoms with Crippen molar-refractivity contribution in [3.8, 4) is 22.9 Å². The van der Waals surface area contributed by atoms with Gasteiger partial charge in [0.1, 0.15) is 5.75 Å². The van der Waals surface area contributed by atoms with Crippen molar-refractivity contribution in [2.45, 2.75) is 116 Å². The second-order valence-electron chi connectivity index (χ2n) is 11.7. The van der Waals surface area contributed by atoms with Gasteiger partial charge in [0.05, 0.1) is 25.6 Å². The maximum atomic E-state index is 6.19. The molecule has 0 radical (unpaired) electrons. The highest BCUT2D eigenvalue weighted by atomic mass is 16.5. The minimum Gasteiger partial charge on any atom is -0.493 e. The minimum atomic E-state index is 0.702. The first-order valence-electron chi connectivity index (χ1n) is 15.5. The van der Waals surface area contributed by atoms with Crippen LogP contribution in [0.25, 0.3) is 11.4 Å². The lowest BCUT2D eigenvalue weighted by atomic mass is 9.79. The van der Waals surface area contributed by atoms with Gasteiger partial charge in [-0.2, -0.15) is 0 Å². The summed E-state index contributed by atoms with van der Waals surface area (Å²) in [7, 11) is 0. The van der Waals surface area contributed by atoms with Gasteiger partial charge < -0.3 is 9.47 Å². The molecule has 4 rings (SSSR count). The third-order valence-corrected chi connectivity index (χ3v) is 8.58. The van der Waals surface area contributed by atoms with Crippen molar-refractivity contribution in [2.24, 2.45) is 17.8 Å². The highest BCUT2D eigenvalue weighted by molar-refractivity contribution is 5.56. The Balaban J connectivity index is 1.12. The molecule has 2 aliphatic rings. The molecular weight excluding hydrogens is 456 g/mol. The van der Waals surface area contributed by atoms with E-state index in [1.165, 1.54) is 103 Å². The van der Waals surface area contributed by atoms with Gasteiger partial charge in [-0.25, -0.2) is 9.97 Å². The molecular formula is C33H50N2O2. The van der Waals surface area contributed by atoms with Crippen molar-refractivity contribution in [3.05, 3.63) is 36.7 Å². The lowest BCUT2D eigenvalue weighted by Crippen LogP contribution is -2.21. The van der Waals surface area contributed by atoms with E-state index in [4.69, 9.17) is 9.47 Å². The van der Waals surface area contributed by atoms with Crippen LogP contribution in [0.3, 0.4) is 0 Å². The quantitative estimate of drug-likeness (QED) is 0.213. The first-order valence-corrected chi connectivity index (χ1v) is 15.5. The second kappa shape index (κ2) is 16.0. The molecule has 2 atom stereocenters. The van der Waals surface area contributed by atoms with E-state index in [1.807, 2.05) is 0 Å². The van der Waals surface area contributed by atoms with Gasteiger partial charge in [0.25, 0.3) is 0 Å². The van der Waals surface area contributed by atoms with E-state index >= 15 is 0 Å². The molecule has 37 heavy (non-hydrogen) atoms. The molecule has 0 N–H and O–H groups in total. The highest BCUT2D eigenvalue weighted by Gasteiger charge is 2.22. The molecule has 2 aromatic rings. The molecule has 4 nitrogen and oxygen atoms in total. The number of hydrogen-bond acceptors (Lipinski definition) is 4. The van der Waals surface area contributed by atoms with Crippen LogP contribution in [0.15, 0.2) is 36.7 Å². The molecule has 2 fully saturated rings. The van der Waals surface area contributed by atoms with Crippen molar-refractivity contribution in [3.63, 3.8) is 0 Å². The van der Waals surface area contributed by atoms with E-state index in [1.54, 1.807) is 12.4 Å². The van der Waals surface area contributed by atoms with Gasteiger partial charge in [-0.05, 0) is 61.3 Å². The third kappa shape index (κ3) is 9.94. The zero-order chi connectivity index (χ0) is 25.5. The van der Waals surface area contributed by atoms with Gasteiger partial charge in [0.2, 0.25) is 0 Å². The SMILES string of the molecule is CCCCCCC1CCCC(COc2ccc(-c3ncc(OCCCCCC4CCCC4)cn3)cc2)C1. The van der Waals surface area contributed by atoms with Crippen molar-refractivity contribution in [1.29, 1.82) is 0 Å². The van der Waals surface area contributed by atoms with Crippen LogP contribution >= 0.6 is 0 Å². The Morgan fingerprint density at radius 3 is 2.11 bits per heavy atom. The summed E-state index contributed by atoms with van der Waals surface area (Å²) in [5, 5.41) is 0. The molecule has 4 heteroatoms. The fourth-order valence-electron chi connectivity index (χ4n) is 6.33. The normalized spacial score (nSPS) is 20.2. The van der Waals surface area contributed by atoms with Crippen LogP contribution in [-0.4, -0.2) is 23.2 Å². The monoisotopic (exact) mass is 506 g/mol. The number of unbranched alkanes of at least 4 members (excludes halogenated alkanes) is 5. The Labute approximate surface area is 226 Å². The summed E-state index contributed by atoms with van der Waals surface area (Å²) < 4.78 is 12.1. The minimum absolute atomic E-state index is 0.702. The van der Waals surface area contributed by atoms with Crippen molar-refractivity contribution >= 4 is 0 Å². The summed E-state index contributed by atoms with van der Waals surface area (Å²) in [6.07, 6.45) is 26.9. The average Bonchev–Trinajstić information content (AvgIpc) is 3.46. The topological polar surface area (TPSA) is 44.2 Å². The average molecular weight is 507 g/mol. The van der Waals surface area contributed by atoms with Crippen molar-refractivity contribution in [2.75, 3.05) is 13.2 Å². The zero-order valence-corrected chi connectivity index (χ0v) is 23.3. The molecule has 0 bridgehead atoms. The Kier molecular flexibility index (Phi) is 12.1. The Bertz CT molecular complexity index is 861. The molecule has 0 saturated heterocycles. The fourth-order valence-corrected chi connectivity index (χ4v) is 6.33. The first-order chi connectivity index (χ1) is 18.3. The van der Waals surface area contributed by atoms with Crippen LogP contribution < -0.4 is 9.47 Å². The van der Waals surface area contributed by atoms with Gasteiger partial charge in [-0.1, -0.05) is 96.8 Å². The van der Waals surface area contributed by atoms with Gasteiger partial charge in [-0.15, -0.1) is 0 Å². The van der Waals surface area contributed by atoms with Gasteiger partial charge >= 0.3 is 0 Å².